The zero-order valence-electron chi connectivity index (χ0n) is 36.4. The summed E-state index contributed by atoms with van der Waals surface area (Å²) in [5.74, 6) is 1.10. The van der Waals surface area contributed by atoms with Gasteiger partial charge < -0.3 is 38.2 Å². The van der Waals surface area contributed by atoms with Crippen LogP contribution >= 0.6 is 23.0 Å². The van der Waals surface area contributed by atoms with E-state index in [0.717, 1.165) is 100 Å². The fraction of sp³-hybridized carbons (Fsp3) is 0.532. The summed E-state index contributed by atoms with van der Waals surface area (Å²) in [7, 11) is 1.31. The highest BCUT2D eigenvalue weighted by Crippen LogP contribution is 2.44. The zero-order valence-corrected chi connectivity index (χ0v) is 38.6. The van der Waals surface area contributed by atoms with E-state index in [4.69, 9.17) is 17.8 Å². The summed E-state index contributed by atoms with van der Waals surface area (Å²) in [6.07, 6.45) is 14.5. The van der Waals surface area contributed by atoms with Crippen LogP contribution in [-0.2, 0) is 43.1 Å². The Bertz CT molecular complexity index is 2160. The molecule has 0 spiro atoms. The van der Waals surface area contributed by atoms with Gasteiger partial charge in [-0.25, -0.2) is 19.6 Å². The quantitative estimate of drug-likeness (QED) is 0.108. The van der Waals surface area contributed by atoms with Gasteiger partial charge in [0.15, 0.2) is 23.0 Å². The Labute approximate surface area is 377 Å². The molecule has 0 bridgehead atoms. The maximum absolute atomic E-state index is 13.8. The maximum atomic E-state index is 13.8. The van der Waals surface area contributed by atoms with Crippen molar-refractivity contribution in [1.82, 2.24) is 40.4 Å². The van der Waals surface area contributed by atoms with Gasteiger partial charge in [-0.1, -0.05) is 52.0 Å². The molecule has 62 heavy (non-hydrogen) atoms. The number of carbonyl (C=O) groups excluding carboxylic acids is 4. The third-order valence-corrected chi connectivity index (χ3v) is 13.9. The summed E-state index contributed by atoms with van der Waals surface area (Å²) in [6, 6.07) is 7.35. The van der Waals surface area contributed by atoms with Crippen LogP contribution < -0.4 is 10.6 Å². The highest BCUT2D eigenvalue weighted by Gasteiger charge is 2.39. The highest BCUT2D eigenvalue weighted by atomic mass is 127. The van der Waals surface area contributed by atoms with Gasteiger partial charge in [-0.3, -0.25) is 9.59 Å². The van der Waals surface area contributed by atoms with E-state index < -0.39 is 24.3 Å². The number of halogens is 1. The number of nitrogens with one attached hydrogen (secondary N) is 4. The van der Waals surface area contributed by atoms with E-state index in [1.165, 1.54) is 74.6 Å². The van der Waals surface area contributed by atoms with Crippen LogP contribution in [0.3, 0.4) is 0 Å². The van der Waals surface area contributed by atoms with Crippen molar-refractivity contribution in [1.29, 1.82) is 0 Å². The standard InChI is InChI=1S/C47H59IN8O6/c1-26(2)40(53-46(59)61-5)44(57)55-22-10-16-38(55)42-49-24-36(51-42)34-20-18-32(28-12-6-8-14-30(28)34)33-19-21-35(31-15-9-7-13-29(31)33)37-25-50-43(52-37)39-17-11-23-56(39)45(58)41(27(3)4)54-47(60)62-48/h18-21,24-27,38-41H,6-17,22-23H2,1-5H3,(H,49,51)(H,50,52)(H,53,59)(H,54,60)/t38-,39-,40-,41-/m0/s1. The number of carbonyl (C=O) groups is 4. The minimum Gasteiger partial charge on any atom is -0.453 e. The second kappa shape index (κ2) is 18.8. The molecule has 2 aromatic carbocycles. The molecule has 2 aliphatic heterocycles. The lowest BCUT2D eigenvalue weighted by atomic mass is 9.78. The van der Waals surface area contributed by atoms with Crippen molar-refractivity contribution >= 4 is 47.0 Å². The molecule has 4 amide bonds. The lowest BCUT2D eigenvalue weighted by Gasteiger charge is -2.30. The van der Waals surface area contributed by atoms with Crippen molar-refractivity contribution in [3.8, 4) is 33.6 Å². The molecule has 15 heteroatoms. The summed E-state index contributed by atoms with van der Waals surface area (Å²) in [6.45, 7) is 8.91. The summed E-state index contributed by atoms with van der Waals surface area (Å²) < 4.78 is 9.62. The van der Waals surface area contributed by atoms with Gasteiger partial charge in [0.1, 0.15) is 23.7 Å². The van der Waals surface area contributed by atoms with Crippen LogP contribution in [0.25, 0.3) is 33.6 Å². The second-order valence-electron chi connectivity index (χ2n) is 18.0. The number of likely N-dealkylation sites (tertiary alicyclic amines) is 2. The molecule has 0 radical (unpaired) electrons. The fourth-order valence-electron chi connectivity index (χ4n) is 10.4. The van der Waals surface area contributed by atoms with Gasteiger partial charge in [0, 0.05) is 24.2 Å². The lowest BCUT2D eigenvalue weighted by molar-refractivity contribution is -0.136. The third-order valence-electron chi connectivity index (χ3n) is 13.5. The van der Waals surface area contributed by atoms with Gasteiger partial charge in [0.2, 0.25) is 11.8 Å². The van der Waals surface area contributed by atoms with Crippen molar-refractivity contribution in [3.05, 3.63) is 70.6 Å². The minimum absolute atomic E-state index is 0.102. The maximum Gasteiger partial charge on any atom is 0.417 e. The Morgan fingerprint density at radius 2 is 1.02 bits per heavy atom. The lowest BCUT2D eigenvalue weighted by Crippen LogP contribution is -2.51. The first-order valence-corrected chi connectivity index (χ1v) is 23.3. The first kappa shape index (κ1) is 43.7. The molecule has 2 aromatic heterocycles. The molecule has 2 fully saturated rings. The van der Waals surface area contributed by atoms with E-state index in [9.17, 15) is 19.2 Å². The smallest absolute Gasteiger partial charge is 0.417 e. The van der Waals surface area contributed by atoms with E-state index in [2.05, 4.69) is 44.9 Å². The number of rotatable bonds is 11. The Morgan fingerprint density at radius 1 is 0.629 bits per heavy atom. The predicted octanol–water partition coefficient (Wildman–Crippen LogP) is 8.70. The number of fused-ring (bicyclic) bond motifs is 2. The second-order valence-corrected chi connectivity index (χ2v) is 18.4. The van der Waals surface area contributed by atoms with Crippen LogP contribution in [0.1, 0.15) is 125 Å². The molecular weight excluding hydrogens is 899 g/mol. The van der Waals surface area contributed by atoms with Gasteiger partial charge in [-0.2, -0.15) is 0 Å². The third kappa shape index (κ3) is 8.57. The molecule has 0 saturated carbocycles. The average Bonchev–Trinajstić information content (AvgIpc) is 4.13. The number of ether oxygens (including phenoxy) is 1. The summed E-state index contributed by atoms with van der Waals surface area (Å²) >= 11 is 1.53. The van der Waals surface area contributed by atoms with Gasteiger partial charge in [0.25, 0.3) is 0 Å². The molecule has 2 saturated heterocycles. The van der Waals surface area contributed by atoms with Crippen LogP contribution in [-0.4, -0.2) is 86.0 Å². The first-order valence-electron chi connectivity index (χ1n) is 22.4. The molecule has 4 atom stereocenters. The van der Waals surface area contributed by atoms with Crippen LogP contribution in [0.4, 0.5) is 9.59 Å². The molecular formula is C47H59IN8O6. The average molecular weight is 959 g/mol. The zero-order chi connectivity index (χ0) is 43.7. The number of amides is 4. The molecule has 330 valence electrons. The molecule has 4 aliphatic rings. The van der Waals surface area contributed by atoms with E-state index in [1.807, 2.05) is 49.9 Å². The molecule has 14 nitrogen and oxygen atoms in total. The van der Waals surface area contributed by atoms with E-state index >= 15 is 0 Å². The molecule has 4 aromatic rings. The number of benzene rings is 2. The first-order chi connectivity index (χ1) is 30.0. The Balaban J connectivity index is 1.07. The van der Waals surface area contributed by atoms with Gasteiger partial charge in [-0.05, 0) is 122 Å². The molecule has 8 rings (SSSR count). The summed E-state index contributed by atoms with van der Waals surface area (Å²) in [4.78, 5) is 72.6. The van der Waals surface area contributed by atoms with Crippen LogP contribution in [0.5, 0.6) is 0 Å². The van der Waals surface area contributed by atoms with E-state index in [-0.39, 0.29) is 35.7 Å². The SMILES string of the molecule is COC(=O)N[C@H](C(=O)N1CCC[C@H]1c1ncc(-c2ccc(-c3ccc(-c4cnc([C@@H]5CCCN5C(=O)[C@@H](NC(=O)OI)C(C)C)[nH]4)c4c3CCCC4)c3c2CCCC3)[nH]1)C(C)C. The Hall–Kier alpha value is -4.93. The molecule has 0 unspecified atom stereocenters. The monoisotopic (exact) mass is 958 g/mol. The van der Waals surface area contributed by atoms with E-state index in [1.54, 1.807) is 0 Å². The molecule has 4 N–H and O–H groups in total. The predicted molar refractivity (Wildman–Crippen MR) is 244 cm³/mol. The largest absolute Gasteiger partial charge is 0.453 e. The topological polar surface area (TPSA) is 175 Å². The minimum atomic E-state index is -0.689. The van der Waals surface area contributed by atoms with Crippen molar-refractivity contribution in [2.45, 2.75) is 129 Å². The van der Waals surface area contributed by atoms with Gasteiger partial charge in [-0.15, -0.1) is 0 Å². The number of methoxy groups -OCH3 is 1. The van der Waals surface area contributed by atoms with Gasteiger partial charge >= 0.3 is 12.2 Å². The van der Waals surface area contributed by atoms with E-state index in [0.29, 0.717) is 13.1 Å². The molecule has 2 aliphatic carbocycles. The Kier molecular flexibility index (Phi) is 13.3. The number of aromatic amines is 2. The van der Waals surface area contributed by atoms with Crippen LogP contribution in [0.15, 0.2) is 36.7 Å². The van der Waals surface area contributed by atoms with Crippen LogP contribution in [0, 0.1) is 11.8 Å². The normalized spacial score (nSPS) is 19.5. The van der Waals surface area contributed by atoms with Crippen molar-refractivity contribution in [2.75, 3.05) is 20.2 Å². The number of nitrogens with zero attached hydrogens (tertiary/aromatic N) is 4. The number of H-pyrrole nitrogens is 2. The van der Waals surface area contributed by atoms with Gasteiger partial charge in [0.05, 0.1) is 43.0 Å². The van der Waals surface area contributed by atoms with Crippen molar-refractivity contribution in [2.24, 2.45) is 11.8 Å². The Morgan fingerprint density at radius 3 is 1.40 bits per heavy atom. The van der Waals surface area contributed by atoms with Crippen molar-refractivity contribution in [3.63, 3.8) is 0 Å². The number of hydrogen-bond acceptors (Lipinski definition) is 8. The fourth-order valence-corrected chi connectivity index (χ4v) is 10.5. The molecule has 4 heterocycles. The summed E-state index contributed by atoms with van der Waals surface area (Å²) in [5, 5.41) is 5.48. The van der Waals surface area contributed by atoms with Crippen molar-refractivity contribution < 1.29 is 27.0 Å². The number of imidazole rings is 2. The number of alkyl carbamates (subject to hydrolysis) is 1. The number of aromatic nitrogens is 4. The summed E-state index contributed by atoms with van der Waals surface area (Å²) in [5.41, 5.74) is 12.4. The number of hydrogen-bond donors (Lipinski definition) is 4. The van der Waals surface area contributed by atoms with Crippen LogP contribution in [0.2, 0.25) is 0 Å². The highest BCUT2D eigenvalue weighted by molar-refractivity contribution is 14.1.